The van der Waals surface area contributed by atoms with E-state index in [1.165, 1.54) is 17.3 Å². The summed E-state index contributed by atoms with van der Waals surface area (Å²) >= 11 is 1.77. The molecule has 2 aromatic rings. The van der Waals surface area contributed by atoms with Crippen LogP contribution in [0.3, 0.4) is 0 Å². The Labute approximate surface area is 146 Å². The molecule has 0 aromatic carbocycles. The van der Waals surface area contributed by atoms with E-state index in [9.17, 15) is 4.79 Å². The lowest BCUT2D eigenvalue weighted by molar-refractivity contribution is 0.0989. The molecule has 0 N–H and O–H groups in total. The molecular formula is C17H21N5OS. The zero-order valence-corrected chi connectivity index (χ0v) is 15.1. The van der Waals surface area contributed by atoms with Crippen LogP contribution in [0.25, 0.3) is 0 Å². The average molecular weight is 343 g/mol. The Bertz CT molecular complexity index is 737. The molecule has 0 spiro atoms. The normalized spacial score (nSPS) is 13.1. The second kappa shape index (κ2) is 7.97. The number of anilines is 1. The first-order valence-electron chi connectivity index (χ1n) is 7.60. The van der Waals surface area contributed by atoms with Gasteiger partial charge in [-0.05, 0) is 26.2 Å². The van der Waals surface area contributed by atoms with Crippen LogP contribution in [-0.4, -0.2) is 43.9 Å². The van der Waals surface area contributed by atoms with Gasteiger partial charge in [-0.1, -0.05) is 12.8 Å². The lowest BCUT2D eigenvalue weighted by Crippen LogP contribution is -2.32. The van der Waals surface area contributed by atoms with E-state index in [1.807, 2.05) is 11.6 Å². The Hall–Kier alpha value is -2.33. The lowest BCUT2D eigenvalue weighted by atomic mass is 10.2. The monoisotopic (exact) mass is 343 g/mol. The van der Waals surface area contributed by atoms with Crippen molar-refractivity contribution in [2.24, 2.45) is 0 Å². The number of nitrogens with zero attached hydrogens (tertiary/aromatic N) is 5. The molecule has 7 heteroatoms. The Morgan fingerprint density at radius 1 is 1.42 bits per heavy atom. The Kier molecular flexibility index (Phi) is 5.99. The summed E-state index contributed by atoms with van der Waals surface area (Å²) in [5.74, 6) is 2.33. The van der Waals surface area contributed by atoms with E-state index in [4.69, 9.17) is 6.42 Å². The molecule has 0 saturated carbocycles. The van der Waals surface area contributed by atoms with Crippen LogP contribution in [0.4, 0.5) is 5.69 Å². The number of thioether (sulfide) groups is 1. The summed E-state index contributed by atoms with van der Waals surface area (Å²) in [6.45, 7) is 6.31. The molecule has 0 aliphatic heterocycles. The molecule has 1 amide bonds. The number of hydrogen-bond acceptors (Lipinski definition) is 5. The highest BCUT2D eigenvalue weighted by molar-refractivity contribution is 7.99. The van der Waals surface area contributed by atoms with E-state index >= 15 is 0 Å². The minimum atomic E-state index is -0.186. The van der Waals surface area contributed by atoms with Gasteiger partial charge in [0.05, 0.1) is 42.4 Å². The third-order valence-electron chi connectivity index (χ3n) is 4.09. The fourth-order valence-electron chi connectivity index (χ4n) is 2.40. The Balaban J connectivity index is 2.35. The van der Waals surface area contributed by atoms with Crippen LogP contribution in [-0.2, 0) is 0 Å². The molecule has 2 heterocycles. The van der Waals surface area contributed by atoms with E-state index in [2.05, 4.69) is 41.3 Å². The topological polar surface area (TPSA) is 63.9 Å². The molecule has 2 aromatic heterocycles. The molecule has 0 saturated heterocycles. The number of terminal acetylenes is 1. The standard InChI is InChI=1S/C17H21N5OS/c1-6-9-21(15-7-8-18-19-10-15)17(23)16-11-20-22(13(16)3)12(2)14(4)24-5/h1,7-8,10-12,14H,9H2,2-5H3. The van der Waals surface area contributed by atoms with E-state index in [-0.39, 0.29) is 18.5 Å². The summed E-state index contributed by atoms with van der Waals surface area (Å²) in [7, 11) is 0. The smallest absolute Gasteiger partial charge is 0.262 e. The van der Waals surface area contributed by atoms with Crippen molar-refractivity contribution in [2.75, 3.05) is 17.7 Å². The van der Waals surface area contributed by atoms with Gasteiger partial charge in [-0.25, -0.2) is 0 Å². The fourth-order valence-corrected chi connectivity index (χ4v) is 2.91. The molecule has 2 atom stereocenters. The Morgan fingerprint density at radius 3 is 2.75 bits per heavy atom. The van der Waals surface area contributed by atoms with Crippen LogP contribution < -0.4 is 4.90 Å². The third-order valence-corrected chi connectivity index (χ3v) is 5.22. The van der Waals surface area contributed by atoms with Crippen LogP contribution in [0.2, 0.25) is 0 Å². The maximum atomic E-state index is 13.0. The van der Waals surface area contributed by atoms with E-state index in [0.717, 1.165) is 5.69 Å². The lowest BCUT2D eigenvalue weighted by Gasteiger charge is -2.21. The van der Waals surface area contributed by atoms with Gasteiger partial charge in [0.1, 0.15) is 0 Å². The first-order chi connectivity index (χ1) is 11.5. The zero-order chi connectivity index (χ0) is 17.7. The summed E-state index contributed by atoms with van der Waals surface area (Å²) in [6, 6.07) is 1.89. The molecule has 126 valence electrons. The quantitative estimate of drug-likeness (QED) is 0.754. The number of aromatic nitrogens is 4. The molecular weight excluding hydrogens is 322 g/mol. The molecule has 0 fully saturated rings. The second-order valence-corrected chi connectivity index (χ2v) is 6.68. The maximum Gasteiger partial charge on any atom is 0.262 e. The van der Waals surface area contributed by atoms with E-state index < -0.39 is 0 Å². The van der Waals surface area contributed by atoms with Crippen molar-refractivity contribution in [1.82, 2.24) is 20.0 Å². The van der Waals surface area contributed by atoms with Crippen molar-refractivity contribution in [3.05, 3.63) is 35.9 Å². The number of amides is 1. The molecule has 0 radical (unpaired) electrons. The Morgan fingerprint density at radius 2 is 2.17 bits per heavy atom. The molecule has 24 heavy (non-hydrogen) atoms. The van der Waals surface area contributed by atoms with Gasteiger partial charge in [-0.3, -0.25) is 14.4 Å². The molecule has 0 aliphatic rings. The fraction of sp³-hybridized carbons (Fsp3) is 0.412. The largest absolute Gasteiger partial charge is 0.295 e. The summed E-state index contributed by atoms with van der Waals surface area (Å²) in [5.41, 5.74) is 1.99. The van der Waals surface area contributed by atoms with E-state index in [1.54, 1.807) is 24.0 Å². The van der Waals surface area contributed by atoms with Crippen molar-refractivity contribution in [3.8, 4) is 12.3 Å². The maximum absolute atomic E-state index is 13.0. The van der Waals surface area contributed by atoms with Crippen LogP contribution in [0.15, 0.2) is 24.7 Å². The van der Waals surface area contributed by atoms with Crippen molar-refractivity contribution >= 4 is 23.4 Å². The number of hydrogen-bond donors (Lipinski definition) is 0. The predicted octanol–water partition coefficient (Wildman–Crippen LogP) is 2.57. The molecule has 2 unspecified atom stereocenters. The first-order valence-corrected chi connectivity index (χ1v) is 8.89. The van der Waals surface area contributed by atoms with Gasteiger partial charge in [-0.2, -0.15) is 27.1 Å². The van der Waals surface area contributed by atoms with Crippen LogP contribution in [0.5, 0.6) is 0 Å². The molecule has 0 aliphatic carbocycles. The van der Waals surface area contributed by atoms with Crippen LogP contribution in [0, 0.1) is 19.3 Å². The summed E-state index contributed by atoms with van der Waals surface area (Å²) in [6.07, 6.45) is 12.2. The minimum Gasteiger partial charge on any atom is -0.295 e. The van der Waals surface area contributed by atoms with Crippen molar-refractivity contribution < 1.29 is 4.79 Å². The third kappa shape index (κ3) is 3.60. The van der Waals surface area contributed by atoms with Crippen molar-refractivity contribution in [2.45, 2.75) is 32.1 Å². The van der Waals surface area contributed by atoms with Gasteiger partial charge in [-0.15, -0.1) is 6.42 Å². The average Bonchev–Trinajstić information content (AvgIpc) is 2.99. The highest BCUT2D eigenvalue weighted by Crippen LogP contribution is 2.24. The van der Waals surface area contributed by atoms with Gasteiger partial charge < -0.3 is 0 Å². The first kappa shape index (κ1) is 18.0. The summed E-state index contributed by atoms with van der Waals surface area (Å²) < 4.78 is 1.90. The molecule has 2 rings (SSSR count). The number of carbonyl (C=O) groups excluding carboxylic acids is 1. The van der Waals surface area contributed by atoms with Crippen LogP contribution in [0.1, 0.15) is 35.9 Å². The van der Waals surface area contributed by atoms with Gasteiger partial charge in [0.15, 0.2) is 0 Å². The van der Waals surface area contributed by atoms with Gasteiger partial charge >= 0.3 is 0 Å². The van der Waals surface area contributed by atoms with Crippen LogP contribution >= 0.6 is 11.8 Å². The number of rotatable bonds is 6. The van der Waals surface area contributed by atoms with Gasteiger partial charge in [0.25, 0.3) is 5.91 Å². The SMILES string of the molecule is C#CCN(C(=O)c1cnn(C(C)C(C)SC)c1C)c1ccnnc1. The molecule has 0 bridgehead atoms. The van der Waals surface area contributed by atoms with Gasteiger partial charge in [0.2, 0.25) is 0 Å². The predicted molar refractivity (Wildman–Crippen MR) is 97.2 cm³/mol. The zero-order valence-electron chi connectivity index (χ0n) is 14.3. The van der Waals surface area contributed by atoms with Crippen molar-refractivity contribution in [3.63, 3.8) is 0 Å². The highest BCUT2D eigenvalue weighted by Gasteiger charge is 2.24. The van der Waals surface area contributed by atoms with Gasteiger partial charge in [0, 0.05) is 10.9 Å². The second-order valence-electron chi connectivity index (χ2n) is 5.47. The minimum absolute atomic E-state index is 0.159. The summed E-state index contributed by atoms with van der Waals surface area (Å²) in [4.78, 5) is 14.5. The van der Waals surface area contributed by atoms with E-state index in [0.29, 0.717) is 16.5 Å². The summed E-state index contributed by atoms with van der Waals surface area (Å²) in [5, 5.41) is 12.4. The van der Waals surface area contributed by atoms with Crippen molar-refractivity contribution in [1.29, 1.82) is 0 Å². The highest BCUT2D eigenvalue weighted by atomic mass is 32.2. The molecule has 6 nitrogen and oxygen atoms in total. The number of carbonyl (C=O) groups is 1.